The molecule has 0 bridgehead atoms. The highest BCUT2D eigenvalue weighted by molar-refractivity contribution is 5.88. The lowest BCUT2D eigenvalue weighted by Gasteiger charge is -2.34. The van der Waals surface area contributed by atoms with Crippen molar-refractivity contribution in [3.8, 4) is 0 Å². The topological polar surface area (TPSA) is 23.6 Å². The first kappa shape index (κ1) is 16.8. The normalized spacial score (nSPS) is 17.5. The van der Waals surface area contributed by atoms with Crippen LogP contribution in [0.5, 0.6) is 0 Å². The van der Waals surface area contributed by atoms with E-state index in [1.165, 1.54) is 5.56 Å². The molecular weight excluding hydrogens is 272 g/mol. The van der Waals surface area contributed by atoms with Gasteiger partial charge in [0.15, 0.2) is 0 Å². The Bertz CT molecular complexity index is 501. The van der Waals surface area contributed by atoms with Crippen LogP contribution in [0.2, 0.25) is 0 Å². The van der Waals surface area contributed by atoms with E-state index in [9.17, 15) is 4.79 Å². The van der Waals surface area contributed by atoms with Crippen molar-refractivity contribution < 1.29 is 4.79 Å². The molecule has 3 nitrogen and oxygen atoms in total. The molecule has 0 unspecified atom stereocenters. The molecule has 1 heterocycles. The Morgan fingerprint density at radius 1 is 1.27 bits per heavy atom. The molecule has 0 N–H and O–H groups in total. The van der Waals surface area contributed by atoms with Gasteiger partial charge in [0.05, 0.1) is 0 Å². The molecule has 1 aromatic rings. The van der Waals surface area contributed by atoms with Gasteiger partial charge in [0.1, 0.15) is 0 Å². The average molecular weight is 300 g/mol. The van der Waals surface area contributed by atoms with Crippen molar-refractivity contribution in [3.05, 3.63) is 47.5 Å². The van der Waals surface area contributed by atoms with Gasteiger partial charge in [0, 0.05) is 19.2 Å². The number of piperidine rings is 1. The van der Waals surface area contributed by atoms with Crippen molar-refractivity contribution in [2.24, 2.45) is 0 Å². The van der Waals surface area contributed by atoms with E-state index in [1.54, 1.807) is 0 Å². The van der Waals surface area contributed by atoms with Crippen LogP contribution in [-0.2, 0) is 11.2 Å². The number of aryl methyl sites for hydroxylation is 1. The maximum Gasteiger partial charge on any atom is 0.246 e. The molecule has 0 spiro atoms. The molecular formula is C19H28N2O. The molecule has 1 fully saturated rings. The van der Waals surface area contributed by atoms with E-state index in [4.69, 9.17) is 0 Å². The Kier molecular flexibility index (Phi) is 6.20. The van der Waals surface area contributed by atoms with Gasteiger partial charge in [-0.3, -0.25) is 4.79 Å². The van der Waals surface area contributed by atoms with Crippen LogP contribution in [0.4, 0.5) is 0 Å². The van der Waals surface area contributed by atoms with E-state index in [-0.39, 0.29) is 5.91 Å². The van der Waals surface area contributed by atoms with E-state index in [1.807, 2.05) is 24.1 Å². The molecule has 0 radical (unpaired) electrons. The Labute approximate surface area is 134 Å². The summed E-state index contributed by atoms with van der Waals surface area (Å²) in [5.41, 5.74) is 2.49. The number of hydrogen-bond donors (Lipinski definition) is 0. The number of rotatable bonds is 5. The highest BCUT2D eigenvalue weighted by atomic mass is 16.2. The summed E-state index contributed by atoms with van der Waals surface area (Å²) in [7, 11) is 4.09. The maximum absolute atomic E-state index is 12.4. The second-order valence-corrected chi connectivity index (χ2v) is 6.46. The van der Waals surface area contributed by atoms with Gasteiger partial charge in [0.2, 0.25) is 5.91 Å². The van der Waals surface area contributed by atoms with Gasteiger partial charge in [-0.25, -0.2) is 0 Å². The summed E-state index contributed by atoms with van der Waals surface area (Å²) in [6.45, 7) is 4.22. The van der Waals surface area contributed by atoms with Crippen LogP contribution in [0, 0.1) is 0 Å². The van der Waals surface area contributed by atoms with Gasteiger partial charge in [-0.05, 0) is 58.3 Å². The predicted molar refractivity (Wildman–Crippen MR) is 91.8 cm³/mol. The summed E-state index contributed by atoms with van der Waals surface area (Å²) >= 11 is 0. The number of carbonyl (C=O) groups excluding carboxylic acids is 1. The van der Waals surface area contributed by atoms with Crippen molar-refractivity contribution in [2.45, 2.75) is 38.6 Å². The third-order valence-corrected chi connectivity index (χ3v) is 4.60. The average Bonchev–Trinajstić information content (AvgIpc) is 2.54. The molecule has 2 rings (SSSR count). The number of nitrogens with zero attached hydrogens (tertiary/aromatic N) is 2. The number of likely N-dealkylation sites (tertiary alicyclic amines) is 1. The fraction of sp³-hybridized carbons (Fsp3) is 0.526. The van der Waals surface area contributed by atoms with Gasteiger partial charge >= 0.3 is 0 Å². The van der Waals surface area contributed by atoms with Crippen LogP contribution in [0.25, 0.3) is 0 Å². The maximum atomic E-state index is 12.4. The van der Waals surface area contributed by atoms with Gasteiger partial charge < -0.3 is 9.80 Å². The smallest absolute Gasteiger partial charge is 0.246 e. The Morgan fingerprint density at radius 2 is 1.91 bits per heavy atom. The van der Waals surface area contributed by atoms with Crippen molar-refractivity contribution in [2.75, 3.05) is 27.2 Å². The third-order valence-electron chi connectivity index (χ3n) is 4.60. The van der Waals surface area contributed by atoms with Gasteiger partial charge in [-0.2, -0.15) is 0 Å². The zero-order chi connectivity index (χ0) is 15.9. The van der Waals surface area contributed by atoms with E-state index in [2.05, 4.69) is 43.1 Å². The predicted octanol–water partition coefficient (Wildman–Crippen LogP) is 3.12. The standard InChI is InChI=1S/C19H28N2O/c1-16(9-10-17-7-5-4-6-8-17)15-19(22)21(3)18-11-13-20(2)14-12-18/h4-8,15,18H,9-14H2,1-3H3/b16-15-. The summed E-state index contributed by atoms with van der Waals surface area (Å²) in [6.07, 6.45) is 5.91. The minimum atomic E-state index is 0.153. The summed E-state index contributed by atoms with van der Waals surface area (Å²) in [6, 6.07) is 10.8. The molecule has 22 heavy (non-hydrogen) atoms. The van der Waals surface area contributed by atoms with E-state index < -0.39 is 0 Å². The van der Waals surface area contributed by atoms with Crippen molar-refractivity contribution in [1.82, 2.24) is 9.80 Å². The van der Waals surface area contributed by atoms with Crippen LogP contribution < -0.4 is 0 Å². The lowest BCUT2D eigenvalue weighted by molar-refractivity contribution is -0.127. The highest BCUT2D eigenvalue weighted by Gasteiger charge is 2.22. The Morgan fingerprint density at radius 3 is 2.55 bits per heavy atom. The minimum absolute atomic E-state index is 0.153. The molecule has 0 aliphatic carbocycles. The molecule has 0 atom stereocenters. The lowest BCUT2D eigenvalue weighted by Crippen LogP contribution is -2.44. The van der Waals surface area contributed by atoms with Crippen molar-refractivity contribution in [3.63, 3.8) is 0 Å². The van der Waals surface area contributed by atoms with E-state index >= 15 is 0 Å². The van der Waals surface area contributed by atoms with Crippen molar-refractivity contribution >= 4 is 5.91 Å². The lowest BCUT2D eigenvalue weighted by atomic mass is 10.0. The first-order chi connectivity index (χ1) is 10.6. The number of carbonyl (C=O) groups is 1. The first-order valence-corrected chi connectivity index (χ1v) is 8.22. The number of likely N-dealkylation sites (N-methyl/N-ethyl adjacent to an activating group) is 1. The second-order valence-electron chi connectivity index (χ2n) is 6.46. The monoisotopic (exact) mass is 300 g/mol. The second kappa shape index (κ2) is 8.14. The summed E-state index contributed by atoms with van der Waals surface area (Å²) in [5.74, 6) is 0.153. The van der Waals surface area contributed by atoms with Crippen LogP contribution >= 0.6 is 0 Å². The molecule has 1 saturated heterocycles. The third kappa shape index (κ3) is 4.99. The first-order valence-electron chi connectivity index (χ1n) is 8.22. The van der Waals surface area contributed by atoms with Crippen LogP contribution in [0.1, 0.15) is 31.7 Å². The fourth-order valence-corrected chi connectivity index (χ4v) is 2.93. The van der Waals surface area contributed by atoms with Gasteiger partial charge in [0.25, 0.3) is 0 Å². The van der Waals surface area contributed by atoms with Crippen LogP contribution in [0.15, 0.2) is 42.0 Å². The molecule has 0 saturated carbocycles. The number of benzene rings is 1. The highest BCUT2D eigenvalue weighted by Crippen LogP contribution is 2.15. The van der Waals surface area contributed by atoms with Gasteiger partial charge in [-0.1, -0.05) is 35.9 Å². The summed E-state index contributed by atoms with van der Waals surface area (Å²) in [5, 5.41) is 0. The zero-order valence-electron chi connectivity index (χ0n) is 14.1. The molecule has 1 aromatic carbocycles. The number of hydrogen-bond acceptors (Lipinski definition) is 2. The summed E-state index contributed by atoms with van der Waals surface area (Å²) < 4.78 is 0. The molecule has 1 aliphatic heterocycles. The molecule has 3 heteroatoms. The van der Waals surface area contributed by atoms with Crippen LogP contribution in [0.3, 0.4) is 0 Å². The molecule has 1 aliphatic rings. The number of allylic oxidation sites excluding steroid dienone is 1. The van der Waals surface area contributed by atoms with Crippen molar-refractivity contribution in [1.29, 1.82) is 0 Å². The molecule has 0 aromatic heterocycles. The largest absolute Gasteiger partial charge is 0.339 e. The Hall–Kier alpha value is -1.61. The van der Waals surface area contributed by atoms with Crippen LogP contribution in [-0.4, -0.2) is 48.9 Å². The van der Waals surface area contributed by atoms with Gasteiger partial charge in [-0.15, -0.1) is 0 Å². The van der Waals surface area contributed by atoms with E-state index in [0.29, 0.717) is 6.04 Å². The van der Waals surface area contributed by atoms with E-state index in [0.717, 1.165) is 44.3 Å². The molecule has 1 amide bonds. The minimum Gasteiger partial charge on any atom is -0.339 e. The number of amides is 1. The SMILES string of the molecule is C/C(=C/C(=O)N(C)C1CCN(C)CC1)CCc1ccccc1. The quantitative estimate of drug-likeness (QED) is 0.780. The Balaban J connectivity index is 1.83. The molecule has 120 valence electrons. The summed E-state index contributed by atoms with van der Waals surface area (Å²) in [4.78, 5) is 16.6. The fourth-order valence-electron chi connectivity index (χ4n) is 2.93. The zero-order valence-corrected chi connectivity index (χ0v) is 14.1.